The van der Waals surface area contributed by atoms with Crippen molar-refractivity contribution in [3.05, 3.63) is 0 Å². The Kier molecular flexibility index (Phi) is 14.7. The number of nitrogens with one attached hydrogen (secondary N) is 1. The van der Waals surface area contributed by atoms with E-state index in [0.717, 1.165) is 12.8 Å². The molecule has 0 spiro atoms. The predicted octanol–water partition coefficient (Wildman–Crippen LogP) is 4.19. The maximum absolute atomic E-state index is 11.7. The van der Waals surface area contributed by atoms with E-state index in [1.54, 1.807) is 0 Å². The second-order valence-corrected chi connectivity index (χ2v) is 6.35. The molecule has 130 valence electrons. The summed E-state index contributed by atoms with van der Waals surface area (Å²) in [5, 5.41) is 11.5. The molecule has 0 bridgehead atoms. The summed E-state index contributed by atoms with van der Waals surface area (Å²) in [7, 11) is 0. The van der Waals surface area contributed by atoms with Gasteiger partial charge < -0.3 is 10.4 Å². The molecule has 1 atom stereocenters. The van der Waals surface area contributed by atoms with Gasteiger partial charge in [-0.15, -0.1) is 0 Å². The van der Waals surface area contributed by atoms with Gasteiger partial charge in [0.15, 0.2) is 0 Å². The lowest BCUT2D eigenvalue weighted by atomic mass is 10.1. The van der Waals surface area contributed by atoms with Crippen molar-refractivity contribution in [3.8, 4) is 0 Å². The van der Waals surface area contributed by atoms with Crippen LogP contribution in [0.1, 0.15) is 84.0 Å². The minimum absolute atomic E-state index is 0.159. The molecule has 0 aromatic rings. The third-order valence-electron chi connectivity index (χ3n) is 3.81. The maximum atomic E-state index is 11.7. The van der Waals surface area contributed by atoms with Crippen LogP contribution < -0.4 is 5.32 Å². The number of thiol groups is 1. The minimum Gasteiger partial charge on any atom is -0.480 e. The third kappa shape index (κ3) is 13.0. The van der Waals surface area contributed by atoms with E-state index in [1.807, 2.05) is 0 Å². The highest BCUT2D eigenvalue weighted by Gasteiger charge is 2.18. The zero-order chi connectivity index (χ0) is 16.6. The van der Waals surface area contributed by atoms with Gasteiger partial charge in [-0.25, -0.2) is 4.79 Å². The number of hydrogen-bond donors (Lipinski definition) is 3. The van der Waals surface area contributed by atoms with E-state index >= 15 is 0 Å². The van der Waals surface area contributed by atoms with Crippen LogP contribution in [0.4, 0.5) is 0 Å². The van der Waals surface area contributed by atoms with Crippen LogP contribution in [0.3, 0.4) is 0 Å². The van der Waals surface area contributed by atoms with Crippen LogP contribution in [0.15, 0.2) is 0 Å². The summed E-state index contributed by atoms with van der Waals surface area (Å²) in [4.78, 5) is 22.6. The molecule has 1 amide bonds. The minimum atomic E-state index is -0.981. The molecule has 0 rings (SSSR count). The zero-order valence-corrected chi connectivity index (χ0v) is 14.9. The lowest BCUT2D eigenvalue weighted by molar-refractivity contribution is -0.141. The average molecular weight is 332 g/mol. The van der Waals surface area contributed by atoms with Crippen molar-refractivity contribution in [1.29, 1.82) is 0 Å². The van der Waals surface area contributed by atoms with Gasteiger partial charge in [0.2, 0.25) is 5.91 Å². The van der Waals surface area contributed by atoms with Crippen LogP contribution >= 0.6 is 12.6 Å². The molecule has 0 saturated carbocycles. The fourth-order valence-corrected chi connectivity index (χ4v) is 2.68. The van der Waals surface area contributed by atoms with Crippen molar-refractivity contribution in [2.75, 3.05) is 5.75 Å². The fraction of sp³-hybridized carbons (Fsp3) is 0.882. The molecule has 4 nitrogen and oxygen atoms in total. The van der Waals surface area contributed by atoms with Gasteiger partial charge in [-0.2, -0.15) is 12.6 Å². The van der Waals surface area contributed by atoms with E-state index in [1.165, 1.54) is 51.4 Å². The Morgan fingerprint density at radius 1 is 0.955 bits per heavy atom. The summed E-state index contributed by atoms with van der Waals surface area (Å²) in [5.74, 6) is -0.686. The number of carbonyl (C=O) groups is 2. The largest absolute Gasteiger partial charge is 0.480 e. The van der Waals surface area contributed by atoms with Crippen LogP contribution in [0, 0.1) is 0 Å². The molecular formula is C17H33NO3S. The van der Waals surface area contributed by atoms with E-state index in [4.69, 9.17) is 5.11 Å². The quantitative estimate of drug-likeness (QED) is 0.311. The Hall–Kier alpha value is -0.710. The molecule has 22 heavy (non-hydrogen) atoms. The van der Waals surface area contributed by atoms with Crippen molar-refractivity contribution in [1.82, 2.24) is 5.32 Å². The lowest BCUT2D eigenvalue weighted by Gasteiger charge is -2.13. The first-order valence-electron chi connectivity index (χ1n) is 8.74. The highest BCUT2D eigenvalue weighted by atomic mass is 32.1. The number of aliphatic carboxylic acids is 1. The molecular weight excluding hydrogens is 298 g/mol. The van der Waals surface area contributed by atoms with Gasteiger partial charge in [-0.1, -0.05) is 64.7 Å². The van der Waals surface area contributed by atoms with Gasteiger partial charge in [0.25, 0.3) is 0 Å². The van der Waals surface area contributed by atoms with Crippen LogP contribution in [0.25, 0.3) is 0 Å². The number of amides is 1. The Labute approximate surface area is 140 Å². The first kappa shape index (κ1) is 21.3. The first-order valence-corrected chi connectivity index (χ1v) is 9.38. The predicted molar refractivity (Wildman–Crippen MR) is 94.5 cm³/mol. The van der Waals surface area contributed by atoms with Crippen molar-refractivity contribution < 1.29 is 14.7 Å². The molecule has 0 aliphatic carbocycles. The number of rotatable bonds is 15. The second kappa shape index (κ2) is 15.2. The summed E-state index contributed by atoms with van der Waals surface area (Å²) in [6, 6.07) is -0.798. The summed E-state index contributed by atoms with van der Waals surface area (Å²) in [5.41, 5.74) is 0. The summed E-state index contributed by atoms with van der Waals surface area (Å²) in [6.07, 6.45) is 13.0. The zero-order valence-electron chi connectivity index (χ0n) is 14.0. The standard InChI is InChI=1S/C17H33NO3S/c1-2-3-4-5-6-7-8-9-10-11-12-16(19)18-15(13-14-22)17(20)21/h15,22H,2-14H2,1H3,(H,18,19)(H,20,21). The highest BCUT2D eigenvalue weighted by molar-refractivity contribution is 7.80. The van der Waals surface area contributed by atoms with E-state index in [-0.39, 0.29) is 5.91 Å². The van der Waals surface area contributed by atoms with Crippen molar-refractivity contribution >= 4 is 24.5 Å². The second-order valence-electron chi connectivity index (χ2n) is 5.90. The molecule has 0 aliphatic rings. The van der Waals surface area contributed by atoms with Gasteiger partial charge in [0.1, 0.15) is 6.04 Å². The van der Waals surface area contributed by atoms with Gasteiger partial charge in [-0.3, -0.25) is 4.79 Å². The maximum Gasteiger partial charge on any atom is 0.326 e. The number of hydrogen-bond acceptors (Lipinski definition) is 3. The molecule has 0 fully saturated rings. The highest BCUT2D eigenvalue weighted by Crippen LogP contribution is 2.11. The van der Waals surface area contributed by atoms with E-state index in [2.05, 4.69) is 24.9 Å². The van der Waals surface area contributed by atoms with Gasteiger partial charge >= 0.3 is 5.97 Å². The summed E-state index contributed by atoms with van der Waals surface area (Å²) in [6.45, 7) is 2.23. The van der Waals surface area contributed by atoms with Crippen molar-refractivity contribution in [2.24, 2.45) is 0 Å². The Balaban J connectivity index is 3.46. The number of carbonyl (C=O) groups excluding carboxylic acids is 1. The molecule has 0 radical (unpaired) electrons. The molecule has 5 heteroatoms. The first-order chi connectivity index (χ1) is 10.6. The Morgan fingerprint density at radius 2 is 1.45 bits per heavy atom. The summed E-state index contributed by atoms with van der Waals surface area (Å²) < 4.78 is 0. The normalized spacial score (nSPS) is 12.1. The van der Waals surface area contributed by atoms with Gasteiger partial charge in [0.05, 0.1) is 0 Å². The van der Waals surface area contributed by atoms with E-state index < -0.39 is 12.0 Å². The fourth-order valence-electron chi connectivity index (χ4n) is 2.43. The van der Waals surface area contributed by atoms with Gasteiger partial charge in [-0.05, 0) is 18.6 Å². The SMILES string of the molecule is CCCCCCCCCCCCC(=O)NC(CCS)C(=O)O. The molecule has 2 N–H and O–H groups in total. The Morgan fingerprint density at radius 3 is 1.91 bits per heavy atom. The number of carboxylic acid groups (broad SMARTS) is 1. The topological polar surface area (TPSA) is 66.4 Å². The monoisotopic (exact) mass is 331 g/mol. The van der Waals surface area contributed by atoms with Crippen LogP contribution in [0.2, 0.25) is 0 Å². The van der Waals surface area contributed by atoms with Crippen molar-refractivity contribution in [3.63, 3.8) is 0 Å². The van der Waals surface area contributed by atoms with Crippen LogP contribution in [-0.4, -0.2) is 28.8 Å². The van der Waals surface area contributed by atoms with Crippen molar-refractivity contribution in [2.45, 2.75) is 90.0 Å². The molecule has 0 aliphatic heterocycles. The molecule has 0 aromatic heterocycles. The van der Waals surface area contributed by atoms with Gasteiger partial charge in [0, 0.05) is 6.42 Å². The molecule has 1 unspecified atom stereocenters. The average Bonchev–Trinajstić information content (AvgIpc) is 2.48. The number of carboxylic acids is 1. The molecule has 0 saturated heterocycles. The molecule has 0 aromatic carbocycles. The Bertz CT molecular complexity index is 298. The van der Waals surface area contributed by atoms with Crippen LogP contribution in [-0.2, 0) is 9.59 Å². The van der Waals surface area contributed by atoms with E-state index in [9.17, 15) is 9.59 Å². The smallest absolute Gasteiger partial charge is 0.326 e. The summed E-state index contributed by atoms with van der Waals surface area (Å²) >= 11 is 4.01. The van der Waals surface area contributed by atoms with Crippen LogP contribution in [0.5, 0.6) is 0 Å². The van der Waals surface area contributed by atoms with E-state index in [0.29, 0.717) is 18.6 Å². The lowest BCUT2D eigenvalue weighted by Crippen LogP contribution is -2.40. The number of unbranched alkanes of at least 4 members (excludes halogenated alkanes) is 9. The third-order valence-corrected chi connectivity index (χ3v) is 4.07. The molecule has 0 heterocycles.